The van der Waals surface area contributed by atoms with Crippen LogP contribution in [-0.4, -0.2) is 90.3 Å². The molecule has 5 N–H and O–H groups in total. The molecule has 0 spiro atoms. The Morgan fingerprint density at radius 3 is 2.22 bits per heavy atom. The van der Waals surface area contributed by atoms with Gasteiger partial charge < -0.3 is 40.7 Å². The molecule has 5 amide bonds. The van der Waals surface area contributed by atoms with Gasteiger partial charge in [-0.3, -0.25) is 9.59 Å². The van der Waals surface area contributed by atoms with Crippen molar-refractivity contribution in [1.82, 2.24) is 15.1 Å². The first-order valence-electron chi connectivity index (χ1n) is 12.9. The van der Waals surface area contributed by atoms with Gasteiger partial charge in [0.25, 0.3) is 0 Å². The second-order valence-electron chi connectivity index (χ2n) is 9.46. The Labute approximate surface area is 238 Å². The molecule has 1 atom stereocenters. The van der Waals surface area contributed by atoms with E-state index in [9.17, 15) is 24.0 Å². The summed E-state index contributed by atoms with van der Waals surface area (Å²) in [6.45, 7) is 2.48. The monoisotopic (exact) mass is 571 g/mol. The highest BCUT2D eigenvalue weighted by atomic mass is 16.5. The van der Waals surface area contributed by atoms with Crippen LogP contribution in [0.25, 0.3) is 0 Å². The number of carbonyl (C=O) groups is 5. The third kappa shape index (κ3) is 10.7. The number of methoxy groups -OCH3 is 1. The minimum absolute atomic E-state index is 0.108. The summed E-state index contributed by atoms with van der Waals surface area (Å²) in [5.41, 5.74) is 2.95. The second kappa shape index (κ2) is 15.7. The van der Waals surface area contributed by atoms with Crippen LogP contribution in [0.5, 0.6) is 5.75 Å². The van der Waals surface area contributed by atoms with Crippen LogP contribution in [0.15, 0.2) is 42.5 Å². The van der Waals surface area contributed by atoms with E-state index >= 15 is 0 Å². The highest BCUT2D eigenvalue weighted by molar-refractivity contribution is 6.01. The van der Waals surface area contributed by atoms with E-state index in [2.05, 4.69) is 16.0 Å². The average molecular weight is 572 g/mol. The summed E-state index contributed by atoms with van der Waals surface area (Å²) in [5, 5.41) is 25.6. The lowest BCUT2D eigenvalue weighted by atomic mass is 10.1. The van der Waals surface area contributed by atoms with E-state index in [1.54, 1.807) is 30.1 Å². The zero-order valence-corrected chi connectivity index (χ0v) is 23.6. The molecular weight excluding hydrogens is 534 g/mol. The molecule has 2 aromatic rings. The van der Waals surface area contributed by atoms with Crippen LogP contribution in [0.1, 0.15) is 30.4 Å². The maximum Gasteiger partial charge on any atom is 0.326 e. The van der Waals surface area contributed by atoms with Crippen LogP contribution >= 0.6 is 0 Å². The number of nitrogens with zero attached hydrogens (tertiary/aromatic N) is 2. The summed E-state index contributed by atoms with van der Waals surface area (Å²) in [5.74, 6) is -2.43. The molecule has 0 aromatic heterocycles. The number of carboxylic acids is 2. The van der Waals surface area contributed by atoms with Crippen molar-refractivity contribution in [2.45, 2.75) is 38.6 Å². The van der Waals surface area contributed by atoms with Crippen molar-refractivity contribution < 1.29 is 38.9 Å². The maximum absolute atomic E-state index is 12.6. The zero-order chi connectivity index (χ0) is 30.5. The molecule has 13 heteroatoms. The normalized spacial score (nSPS) is 11.1. The van der Waals surface area contributed by atoms with Crippen molar-refractivity contribution in [3.63, 3.8) is 0 Å². The summed E-state index contributed by atoms with van der Waals surface area (Å²) >= 11 is 0. The van der Waals surface area contributed by atoms with Crippen molar-refractivity contribution >= 4 is 41.3 Å². The van der Waals surface area contributed by atoms with E-state index in [1.807, 2.05) is 31.2 Å². The van der Waals surface area contributed by atoms with E-state index < -0.39 is 36.5 Å². The molecule has 13 nitrogen and oxygen atoms in total. The summed E-state index contributed by atoms with van der Waals surface area (Å²) in [6.07, 6.45) is 0.367. The van der Waals surface area contributed by atoms with E-state index in [4.69, 9.17) is 14.9 Å². The maximum atomic E-state index is 12.6. The number of amides is 5. The third-order valence-electron chi connectivity index (χ3n) is 6.27. The van der Waals surface area contributed by atoms with Gasteiger partial charge in [0.05, 0.1) is 19.2 Å². The average Bonchev–Trinajstić information content (AvgIpc) is 2.92. The van der Waals surface area contributed by atoms with Gasteiger partial charge in [-0.1, -0.05) is 24.3 Å². The van der Waals surface area contributed by atoms with Crippen LogP contribution in [0.3, 0.4) is 0 Å². The number of para-hydroxylation sites is 1. The van der Waals surface area contributed by atoms with Crippen molar-refractivity contribution in [1.29, 1.82) is 0 Å². The van der Waals surface area contributed by atoms with Gasteiger partial charge in [0, 0.05) is 39.3 Å². The number of carbonyl (C=O) groups excluding carboxylic acids is 3. The van der Waals surface area contributed by atoms with Crippen molar-refractivity contribution in [2.75, 3.05) is 44.9 Å². The predicted molar refractivity (Wildman–Crippen MR) is 152 cm³/mol. The topological polar surface area (TPSA) is 178 Å². The van der Waals surface area contributed by atoms with Gasteiger partial charge in [-0.2, -0.15) is 0 Å². The van der Waals surface area contributed by atoms with Crippen LogP contribution in [0.2, 0.25) is 0 Å². The largest absolute Gasteiger partial charge is 0.495 e. The smallest absolute Gasteiger partial charge is 0.326 e. The molecule has 2 aromatic carbocycles. The molecule has 41 heavy (non-hydrogen) atoms. The number of hydrogen-bond donors (Lipinski definition) is 5. The number of aliphatic carboxylic acids is 2. The van der Waals surface area contributed by atoms with Gasteiger partial charge in [0.2, 0.25) is 5.91 Å². The second-order valence-corrected chi connectivity index (χ2v) is 9.46. The molecule has 0 aliphatic heterocycles. The standard InChI is InChI=1S/C28H37N5O8/c1-18-8-5-6-9-20(18)29-27(39)30-21-12-10-19(16-23(21)41-4)11-13-24(34)32(2)14-7-15-33(3)28(40)31-22(26(37)38)17-25(35)36/h5-6,8-10,12,16,22H,7,11,13-15,17H2,1-4H3,(H,31,40)(H,35,36)(H,37,38)(H2,29,30,39). The molecule has 0 bridgehead atoms. The Hall–Kier alpha value is -4.81. The Kier molecular flexibility index (Phi) is 12.4. The molecule has 222 valence electrons. The zero-order valence-electron chi connectivity index (χ0n) is 23.6. The molecule has 0 radical (unpaired) electrons. The predicted octanol–water partition coefficient (Wildman–Crippen LogP) is 3.00. The molecule has 0 heterocycles. The number of carboxylic acid groups (broad SMARTS) is 2. The summed E-state index contributed by atoms with van der Waals surface area (Å²) in [4.78, 5) is 62.0. The Morgan fingerprint density at radius 2 is 1.59 bits per heavy atom. The first kappa shape index (κ1) is 32.4. The number of nitrogens with one attached hydrogen (secondary N) is 3. The van der Waals surface area contributed by atoms with Gasteiger partial charge in [0.1, 0.15) is 11.8 Å². The van der Waals surface area contributed by atoms with Gasteiger partial charge in [-0.15, -0.1) is 0 Å². The molecule has 0 aliphatic rings. The van der Waals surface area contributed by atoms with Crippen LogP contribution < -0.4 is 20.7 Å². The number of aryl methyl sites for hydroxylation is 2. The molecule has 1 unspecified atom stereocenters. The van der Waals surface area contributed by atoms with Crippen molar-refractivity contribution in [3.8, 4) is 5.75 Å². The van der Waals surface area contributed by atoms with Crippen LogP contribution in [0.4, 0.5) is 21.0 Å². The van der Waals surface area contributed by atoms with Gasteiger partial charge in [-0.05, 0) is 49.1 Å². The summed E-state index contributed by atoms with van der Waals surface area (Å²) in [6, 6.07) is 10.0. The first-order chi connectivity index (χ1) is 19.4. The Balaban J connectivity index is 1.81. The van der Waals surface area contributed by atoms with E-state index in [0.29, 0.717) is 36.5 Å². The molecular formula is C28H37N5O8. The van der Waals surface area contributed by atoms with Crippen LogP contribution in [0, 0.1) is 6.92 Å². The number of anilines is 2. The van der Waals surface area contributed by atoms with E-state index in [-0.39, 0.29) is 18.9 Å². The third-order valence-corrected chi connectivity index (χ3v) is 6.27. The minimum Gasteiger partial charge on any atom is -0.495 e. The molecule has 0 fully saturated rings. The van der Waals surface area contributed by atoms with Gasteiger partial charge in [-0.25, -0.2) is 14.4 Å². The van der Waals surface area contributed by atoms with E-state index in [0.717, 1.165) is 11.1 Å². The highest BCUT2D eigenvalue weighted by Crippen LogP contribution is 2.26. The lowest BCUT2D eigenvalue weighted by Gasteiger charge is -2.22. The molecule has 0 aliphatic carbocycles. The number of urea groups is 2. The summed E-state index contributed by atoms with van der Waals surface area (Å²) < 4.78 is 5.43. The molecule has 2 rings (SSSR count). The lowest BCUT2D eigenvalue weighted by molar-refractivity contribution is -0.145. The van der Waals surface area contributed by atoms with Crippen molar-refractivity contribution in [3.05, 3.63) is 53.6 Å². The summed E-state index contributed by atoms with van der Waals surface area (Å²) in [7, 11) is 4.60. The van der Waals surface area contributed by atoms with Crippen molar-refractivity contribution in [2.24, 2.45) is 0 Å². The lowest BCUT2D eigenvalue weighted by Crippen LogP contribution is -2.48. The SMILES string of the molecule is COc1cc(CCC(=O)N(C)CCCN(C)C(=O)NC(CC(=O)O)C(=O)O)ccc1NC(=O)Nc1ccccc1C. The molecule has 0 saturated heterocycles. The number of ether oxygens (including phenoxy) is 1. The Morgan fingerprint density at radius 1 is 0.927 bits per heavy atom. The van der Waals surface area contributed by atoms with E-state index in [1.165, 1.54) is 19.1 Å². The van der Waals surface area contributed by atoms with Gasteiger partial charge >= 0.3 is 24.0 Å². The fourth-order valence-corrected chi connectivity index (χ4v) is 3.83. The highest BCUT2D eigenvalue weighted by Gasteiger charge is 2.24. The fraction of sp³-hybridized carbons (Fsp3) is 0.393. The minimum atomic E-state index is -1.54. The first-order valence-corrected chi connectivity index (χ1v) is 12.9. The number of rotatable bonds is 14. The van der Waals surface area contributed by atoms with Gasteiger partial charge in [0.15, 0.2) is 0 Å². The quantitative estimate of drug-likeness (QED) is 0.230. The number of benzene rings is 2. The molecule has 0 saturated carbocycles. The fourth-order valence-electron chi connectivity index (χ4n) is 3.83. The number of hydrogen-bond acceptors (Lipinski definition) is 6. The Bertz CT molecular complexity index is 1250. The van der Waals surface area contributed by atoms with Crippen LogP contribution in [-0.2, 0) is 20.8 Å².